The summed E-state index contributed by atoms with van der Waals surface area (Å²) in [4.78, 5) is 47.2. The van der Waals surface area contributed by atoms with Crippen LogP contribution in [0.1, 0.15) is 39.5 Å². The van der Waals surface area contributed by atoms with Crippen molar-refractivity contribution in [3.8, 4) is 22.9 Å². The summed E-state index contributed by atoms with van der Waals surface area (Å²) in [6.07, 6.45) is 1.06. The Bertz CT molecular complexity index is 1940. The minimum Gasteiger partial charge on any atom is -0.493 e. The maximum atomic E-state index is 13.5. The molecule has 1 aliphatic rings. The van der Waals surface area contributed by atoms with Gasteiger partial charge in [0.1, 0.15) is 22.8 Å². The number of likely N-dealkylation sites (tertiary alicyclic amines) is 1. The molecule has 4 aromatic rings. The number of nitrogens with one attached hydrogen (secondary N) is 2. The number of carbonyl (C=O) groups is 1. The summed E-state index contributed by atoms with van der Waals surface area (Å²) >= 11 is 0. The van der Waals surface area contributed by atoms with Crippen LogP contribution in [-0.4, -0.2) is 75.5 Å². The Kier molecular flexibility index (Phi) is 9.65. The van der Waals surface area contributed by atoms with Crippen LogP contribution in [0.5, 0.6) is 11.5 Å². The van der Waals surface area contributed by atoms with Crippen LogP contribution in [-0.2, 0) is 23.6 Å². The van der Waals surface area contributed by atoms with Crippen LogP contribution in [0, 0.1) is 0 Å². The number of fused-ring (bicyclic) bond motifs is 1. The first-order valence-corrected chi connectivity index (χ1v) is 16.7. The lowest BCUT2D eigenvalue weighted by Crippen LogP contribution is -2.52. The lowest BCUT2D eigenvalue weighted by atomic mass is 9.92. The molecule has 0 radical (unpaired) electrons. The quantitative estimate of drug-likeness (QED) is 0.219. The number of aromatic amines is 1. The topological polar surface area (TPSA) is 178 Å². The number of aliphatic hydroxyl groups is 1. The van der Waals surface area contributed by atoms with Crippen molar-refractivity contribution in [3.05, 3.63) is 69.4 Å². The zero-order valence-corrected chi connectivity index (χ0v) is 26.8. The zero-order valence-electron chi connectivity index (χ0n) is 26.0. The molecule has 1 saturated heterocycles. The van der Waals surface area contributed by atoms with Gasteiger partial charge in [0.15, 0.2) is 5.65 Å². The number of benzene rings is 2. The summed E-state index contributed by atoms with van der Waals surface area (Å²) in [5, 5.41) is 11.2. The third-order valence-corrected chi connectivity index (χ3v) is 9.29. The minimum absolute atomic E-state index is 0.111. The summed E-state index contributed by atoms with van der Waals surface area (Å²) in [7, 11) is -2.75. The van der Waals surface area contributed by atoms with Crippen molar-refractivity contribution in [1.82, 2.24) is 28.7 Å². The van der Waals surface area contributed by atoms with E-state index in [1.54, 1.807) is 24.3 Å². The van der Waals surface area contributed by atoms with Gasteiger partial charge in [0.2, 0.25) is 10.0 Å². The number of para-hydroxylation sites is 1. The van der Waals surface area contributed by atoms with E-state index in [9.17, 15) is 27.9 Å². The first kappa shape index (κ1) is 32.9. The predicted molar refractivity (Wildman–Crippen MR) is 171 cm³/mol. The van der Waals surface area contributed by atoms with Crippen LogP contribution >= 0.6 is 0 Å². The Morgan fingerprint density at radius 1 is 1.09 bits per heavy atom. The maximum absolute atomic E-state index is 13.5. The van der Waals surface area contributed by atoms with E-state index >= 15 is 0 Å². The Balaban J connectivity index is 1.36. The number of aryl methyl sites for hydroxylation is 1. The number of nitrogens with zero attached hydrogens (tertiary/aromatic N) is 4. The second-order valence-electron chi connectivity index (χ2n) is 11.3. The summed E-state index contributed by atoms with van der Waals surface area (Å²) in [5.41, 5.74) is -1.88. The van der Waals surface area contributed by atoms with Crippen LogP contribution in [0.4, 0.5) is 4.79 Å². The SMILES string of the molecule is CCCOc1ccc(S(=O)(=O)NCC2(O)CCN(C(=O)Oc3ccccc3)CC2)cc1-c1nc2c([nH]1)c(=O)n(C)c(=O)n2CCC. The standard InChI is InChI=1S/C31H38N6O8S/c1-4-15-37-27-25(28(38)35(3)29(37)39)33-26(34-27)23-19-22(11-12-24(23)44-18-5-2)46(42,43)32-20-31(41)13-16-36(17-14-31)30(40)45-21-9-7-6-8-10-21/h6-12,19,32,41H,4-5,13-18,20H2,1-3H3,(H,33,34). The van der Waals surface area contributed by atoms with Crippen LogP contribution < -0.4 is 25.4 Å². The molecule has 14 nitrogen and oxygen atoms in total. The molecule has 1 fully saturated rings. The van der Waals surface area contributed by atoms with E-state index in [0.29, 0.717) is 37.5 Å². The number of piperidine rings is 1. The lowest BCUT2D eigenvalue weighted by Gasteiger charge is -2.37. The normalized spacial score (nSPS) is 14.8. The molecule has 0 spiro atoms. The molecule has 0 saturated carbocycles. The number of aromatic nitrogens is 4. The third kappa shape index (κ3) is 6.85. The fourth-order valence-electron chi connectivity index (χ4n) is 5.24. The maximum Gasteiger partial charge on any atom is 0.415 e. The van der Waals surface area contributed by atoms with E-state index in [2.05, 4.69) is 14.7 Å². The van der Waals surface area contributed by atoms with Gasteiger partial charge in [-0.05, 0) is 56.0 Å². The number of hydrogen-bond donors (Lipinski definition) is 3. The summed E-state index contributed by atoms with van der Waals surface area (Å²) < 4.78 is 43.1. The van der Waals surface area contributed by atoms with Gasteiger partial charge < -0.3 is 24.5 Å². The van der Waals surface area contributed by atoms with Crippen molar-refractivity contribution < 1.29 is 27.8 Å². The molecule has 2 aromatic heterocycles. The van der Waals surface area contributed by atoms with Crippen molar-refractivity contribution in [2.75, 3.05) is 26.2 Å². The van der Waals surface area contributed by atoms with E-state index in [0.717, 1.165) is 4.57 Å². The largest absolute Gasteiger partial charge is 0.493 e. The third-order valence-electron chi connectivity index (χ3n) is 7.89. The highest BCUT2D eigenvalue weighted by Gasteiger charge is 2.36. The van der Waals surface area contributed by atoms with Gasteiger partial charge in [-0.15, -0.1) is 0 Å². The Morgan fingerprint density at radius 2 is 1.80 bits per heavy atom. The van der Waals surface area contributed by atoms with E-state index < -0.39 is 33.0 Å². The number of sulfonamides is 1. The van der Waals surface area contributed by atoms with Crippen molar-refractivity contribution >= 4 is 27.3 Å². The van der Waals surface area contributed by atoms with Crippen LogP contribution in [0.25, 0.3) is 22.6 Å². The van der Waals surface area contributed by atoms with Crippen molar-refractivity contribution in [1.29, 1.82) is 0 Å². The monoisotopic (exact) mass is 654 g/mol. The Morgan fingerprint density at radius 3 is 2.48 bits per heavy atom. The van der Waals surface area contributed by atoms with Gasteiger partial charge in [0.25, 0.3) is 5.56 Å². The van der Waals surface area contributed by atoms with Crippen molar-refractivity contribution in [3.63, 3.8) is 0 Å². The lowest BCUT2D eigenvalue weighted by molar-refractivity contribution is -0.0110. The number of hydrogen-bond acceptors (Lipinski definition) is 9. The second kappa shape index (κ2) is 13.5. The number of amides is 1. The molecule has 1 amide bonds. The molecule has 0 bridgehead atoms. The summed E-state index contributed by atoms with van der Waals surface area (Å²) in [6, 6.07) is 12.9. The van der Waals surface area contributed by atoms with Gasteiger partial charge in [0, 0.05) is 33.2 Å². The molecule has 1 aliphatic heterocycles. The van der Waals surface area contributed by atoms with Crippen LogP contribution in [0.2, 0.25) is 0 Å². The molecule has 3 N–H and O–H groups in total. The molecular weight excluding hydrogens is 616 g/mol. The first-order chi connectivity index (χ1) is 22.0. The zero-order chi connectivity index (χ0) is 33.1. The fraction of sp³-hybridized carbons (Fsp3) is 0.419. The fourth-order valence-corrected chi connectivity index (χ4v) is 6.38. The van der Waals surface area contributed by atoms with Crippen LogP contribution in [0.3, 0.4) is 0 Å². The number of imidazole rings is 1. The first-order valence-electron chi connectivity index (χ1n) is 15.2. The molecule has 46 heavy (non-hydrogen) atoms. The molecular formula is C31H38N6O8S. The molecule has 15 heteroatoms. The minimum atomic E-state index is -4.14. The highest BCUT2D eigenvalue weighted by molar-refractivity contribution is 7.89. The molecule has 0 atom stereocenters. The summed E-state index contributed by atoms with van der Waals surface area (Å²) in [6.45, 7) is 4.61. The average molecular weight is 655 g/mol. The van der Waals surface area contributed by atoms with Gasteiger partial charge in [-0.25, -0.2) is 27.7 Å². The number of carbonyl (C=O) groups excluding carboxylic acids is 1. The molecule has 0 unspecified atom stereocenters. The smallest absolute Gasteiger partial charge is 0.415 e. The summed E-state index contributed by atoms with van der Waals surface area (Å²) in [5.74, 6) is 0.917. The van der Waals surface area contributed by atoms with Crippen molar-refractivity contribution in [2.45, 2.75) is 56.6 Å². The average Bonchev–Trinajstić information content (AvgIpc) is 3.50. The highest BCUT2D eigenvalue weighted by Crippen LogP contribution is 2.32. The number of ether oxygens (including phenoxy) is 2. The van der Waals surface area contributed by atoms with Gasteiger partial charge in [0.05, 0.1) is 22.7 Å². The Labute approximate surface area is 265 Å². The second-order valence-corrected chi connectivity index (χ2v) is 13.1. The van der Waals surface area contributed by atoms with E-state index in [4.69, 9.17) is 9.47 Å². The number of H-pyrrole nitrogens is 1. The molecule has 3 heterocycles. The molecule has 246 valence electrons. The number of rotatable bonds is 11. The van der Waals surface area contributed by atoms with Gasteiger partial charge in [-0.3, -0.25) is 13.9 Å². The van der Waals surface area contributed by atoms with Gasteiger partial charge in [-0.1, -0.05) is 32.0 Å². The van der Waals surface area contributed by atoms with Crippen LogP contribution in [0.15, 0.2) is 63.0 Å². The molecule has 5 rings (SSSR count). The van der Waals surface area contributed by atoms with Crippen molar-refractivity contribution in [2.24, 2.45) is 7.05 Å². The van der Waals surface area contributed by atoms with E-state index in [1.807, 2.05) is 19.9 Å². The molecule has 2 aromatic carbocycles. The highest BCUT2D eigenvalue weighted by atomic mass is 32.2. The van der Waals surface area contributed by atoms with Gasteiger partial charge >= 0.3 is 11.8 Å². The van der Waals surface area contributed by atoms with Gasteiger partial charge in [-0.2, -0.15) is 0 Å². The molecule has 0 aliphatic carbocycles. The Hall–Kier alpha value is -4.47. The predicted octanol–water partition coefficient (Wildman–Crippen LogP) is 2.59. The van der Waals surface area contributed by atoms with E-state index in [1.165, 1.54) is 34.7 Å². The van der Waals surface area contributed by atoms with E-state index in [-0.39, 0.29) is 59.9 Å².